The van der Waals surface area contributed by atoms with Crippen LogP contribution in [0.4, 0.5) is 27.4 Å². The van der Waals surface area contributed by atoms with Gasteiger partial charge in [0.05, 0.1) is 31.0 Å². The molecule has 2 aliphatic heterocycles. The number of hydrogen-bond acceptors (Lipinski definition) is 8. The molecule has 0 saturated carbocycles. The molecule has 2 aromatic heterocycles. The summed E-state index contributed by atoms with van der Waals surface area (Å²) >= 11 is 0. The summed E-state index contributed by atoms with van der Waals surface area (Å²) in [4.78, 5) is 29.5. The van der Waals surface area contributed by atoms with Gasteiger partial charge in [0.1, 0.15) is 11.5 Å². The Bertz CT molecular complexity index is 1710. The van der Waals surface area contributed by atoms with Gasteiger partial charge in [-0.15, -0.1) is 5.92 Å². The van der Waals surface area contributed by atoms with Gasteiger partial charge in [0, 0.05) is 62.2 Å². The summed E-state index contributed by atoms with van der Waals surface area (Å²) in [5.41, 5.74) is 3.83. The van der Waals surface area contributed by atoms with Crippen molar-refractivity contribution in [2.24, 2.45) is 0 Å². The summed E-state index contributed by atoms with van der Waals surface area (Å²) in [6.07, 6.45) is 1.67. The molecule has 1 N–H and O–H groups in total. The SMILES string of the molecule is CC#Cc1cc2cnc(Nc3ccc(N4CCN(C)CC4)c(F)c3)nc2n(Cc2ccccc2N2CCOCC2)c1=O. The van der Waals surface area contributed by atoms with E-state index in [0.717, 1.165) is 50.5 Å². The average Bonchev–Trinajstić information content (AvgIpc) is 3.01. The number of aromatic nitrogens is 3. The van der Waals surface area contributed by atoms with Crippen molar-refractivity contribution >= 4 is 34.0 Å². The van der Waals surface area contributed by atoms with Gasteiger partial charge >= 0.3 is 0 Å². The number of morpholine rings is 1. The van der Waals surface area contributed by atoms with Gasteiger partial charge in [-0.05, 0) is 49.9 Å². The summed E-state index contributed by atoms with van der Waals surface area (Å²) in [5, 5.41) is 3.83. The van der Waals surface area contributed by atoms with Crippen molar-refractivity contribution < 1.29 is 9.13 Å². The molecule has 2 aromatic carbocycles. The van der Waals surface area contributed by atoms with Gasteiger partial charge in [0.15, 0.2) is 0 Å². The lowest BCUT2D eigenvalue weighted by Crippen LogP contribution is -2.44. The van der Waals surface area contributed by atoms with E-state index in [1.54, 1.807) is 29.8 Å². The van der Waals surface area contributed by atoms with Gasteiger partial charge in [-0.1, -0.05) is 24.1 Å². The molecule has 2 aliphatic rings. The number of para-hydroxylation sites is 1. The second-order valence-corrected chi connectivity index (χ2v) is 10.6. The Morgan fingerprint density at radius 2 is 1.74 bits per heavy atom. The quantitative estimate of drug-likeness (QED) is 0.354. The van der Waals surface area contributed by atoms with Crippen LogP contribution < -0.4 is 20.7 Å². The molecule has 0 aliphatic carbocycles. The fraction of sp³-hybridized carbons (Fsp3) is 0.344. The van der Waals surface area contributed by atoms with Crippen LogP contribution in [0.15, 0.2) is 59.5 Å². The predicted molar refractivity (Wildman–Crippen MR) is 164 cm³/mol. The molecule has 4 aromatic rings. The Labute approximate surface area is 244 Å². The first-order valence-electron chi connectivity index (χ1n) is 14.2. The maximum absolute atomic E-state index is 15.1. The third kappa shape index (κ3) is 5.79. The molecule has 10 heteroatoms. The van der Waals surface area contributed by atoms with Crippen molar-refractivity contribution in [2.75, 3.05) is 74.6 Å². The second-order valence-electron chi connectivity index (χ2n) is 10.6. The molecule has 0 spiro atoms. The zero-order valence-corrected chi connectivity index (χ0v) is 23.9. The smallest absolute Gasteiger partial charge is 0.268 e. The van der Waals surface area contributed by atoms with Gasteiger partial charge < -0.3 is 24.8 Å². The second kappa shape index (κ2) is 12.2. The molecule has 4 heterocycles. The molecule has 42 heavy (non-hydrogen) atoms. The molecule has 2 saturated heterocycles. The van der Waals surface area contributed by atoms with E-state index in [0.29, 0.717) is 47.7 Å². The molecule has 0 bridgehead atoms. The van der Waals surface area contributed by atoms with Crippen LogP contribution in [0.2, 0.25) is 0 Å². The van der Waals surface area contributed by atoms with Crippen molar-refractivity contribution in [1.82, 2.24) is 19.4 Å². The third-order valence-corrected chi connectivity index (χ3v) is 7.81. The number of anilines is 4. The number of fused-ring (bicyclic) bond motifs is 1. The van der Waals surface area contributed by atoms with Gasteiger partial charge in [-0.3, -0.25) is 9.36 Å². The molecular weight excluding hydrogens is 533 g/mol. The first-order chi connectivity index (χ1) is 20.5. The standard InChI is InChI=1S/C32H34FN7O2/c1-3-6-23-19-25-21-34-32(35-26-9-10-29(27(33)20-26)38-13-11-37(2)12-14-38)36-30(25)40(31(23)41)22-24-7-4-5-8-28(24)39-15-17-42-18-16-39/h4-5,7-10,19-21H,11-18,22H2,1-2H3,(H,34,35,36). The third-order valence-electron chi connectivity index (χ3n) is 7.81. The van der Waals surface area contributed by atoms with Crippen LogP contribution in [0, 0.1) is 17.7 Å². The summed E-state index contributed by atoms with van der Waals surface area (Å²) < 4.78 is 22.3. The number of nitrogens with one attached hydrogen (secondary N) is 1. The number of hydrogen-bond donors (Lipinski definition) is 1. The highest BCUT2D eigenvalue weighted by atomic mass is 19.1. The van der Waals surface area contributed by atoms with Crippen LogP contribution in [0.1, 0.15) is 18.1 Å². The molecule has 0 unspecified atom stereocenters. The van der Waals surface area contributed by atoms with Crippen LogP contribution >= 0.6 is 0 Å². The fourth-order valence-electron chi connectivity index (χ4n) is 5.54. The summed E-state index contributed by atoms with van der Waals surface area (Å²) in [6, 6.07) is 14.9. The number of likely N-dealkylation sites (N-methyl/N-ethyl adjacent to an activating group) is 1. The molecular formula is C32H34FN7O2. The van der Waals surface area contributed by atoms with E-state index in [1.165, 1.54) is 6.07 Å². The van der Waals surface area contributed by atoms with Crippen molar-refractivity contribution in [3.8, 4) is 11.8 Å². The molecule has 2 fully saturated rings. The topological polar surface area (TPSA) is 78.8 Å². The fourth-order valence-corrected chi connectivity index (χ4v) is 5.54. The Balaban J connectivity index is 1.34. The number of nitrogens with zero attached hydrogens (tertiary/aromatic N) is 6. The molecule has 0 radical (unpaired) electrons. The Kier molecular flexibility index (Phi) is 8.04. The Hall–Kier alpha value is -4.46. The highest BCUT2D eigenvalue weighted by Gasteiger charge is 2.19. The Morgan fingerprint density at radius 3 is 2.50 bits per heavy atom. The highest BCUT2D eigenvalue weighted by Crippen LogP contribution is 2.27. The predicted octanol–water partition coefficient (Wildman–Crippen LogP) is 3.68. The zero-order valence-electron chi connectivity index (χ0n) is 23.9. The summed E-state index contributed by atoms with van der Waals surface area (Å²) in [6.45, 7) is 8.28. The van der Waals surface area contributed by atoms with Crippen LogP contribution in [-0.2, 0) is 11.3 Å². The lowest BCUT2D eigenvalue weighted by molar-refractivity contribution is 0.122. The first-order valence-corrected chi connectivity index (χ1v) is 14.2. The number of ether oxygens (including phenoxy) is 1. The van der Waals surface area contributed by atoms with Gasteiger partial charge in [-0.25, -0.2) is 9.37 Å². The Morgan fingerprint density at radius 1 is 0.976 bits per heavy atom. The van der Waals surface area contributed by atoms with Crippen molar-refractivity contribution in [1.29, 1.82) is 0 Å². The molecule has 6 rings (SSSR count). The van der Waals surface area contributed by atoms with Gasteiger partial charge in [-0.2, -0.15) is 4.98 Å². The zero-order chi connectivity index (χ0) is 29.1. The first kappa shape index (κ1) is 27.7. The van der Waals surface area contributed by atoms with E-state index in [-0.39, 0.29) is 17.3 Å². The lowest BCUT2D eigenvalue weighted by Gasteiger charge is -2.34. The largest absolute Gasteiger partial charge is 0.378 e. The van der Waals surface area contributed by atoms with Gasteiger partial charge in [0.2, 0.25) is 5.95 Å². The van der Waals surface area contributed by atoms with E-state index in [2.05, 4.69) is 50.0 Å². The number of benzene rings is 2. The van der Waals surface area contributed by atoms with Gasteiger partial charge in [0.25, 0.3) is 5.56 Å². The molecule has 0 atom stereocenters. The van der Waals surface area contributed by atoms with E-state index in [9.17, 15) is 4.79 Å². The number of halogens is 1. The number of pyridine rings is 1. The van der Waals surface area contributed by atoms with Crippen LogP contribution in [-0.4, -0.2) is 79.0 Å². The van der Waals surface area contributed by atoms with Crippen molar-refractivity contribution in [3.63, 3.8) is 0 Å². The average molecular weight is 568 g/mol. The van der Waals surface area contributed by atoms with E-state index < -0.39 is 0 Å². The van der Waals surface area contributed by atoms with Crippen molar-refractivity contribution in [3.05, 3.63) is 82.0 Å². The minimum Gasteiger partial charge on any atom is -0.378 e. The highest BCUT2D eigenvalue weighted by molar-refractivity contribution is 5.78. The van der Waals surface area contributed by atoms with E-state index >= 15 is 4.39 Å². The van der Waals surface area contributed by atoms with Crippen LogP contribution in [0.3, 0.4) is 0 Å². The maximum Gasteiger partial charge on any atom is 0.268 e. The van der Waals surface area contributed by atoms with Crippen molar-refractivity contribution in [2.45, 2.75) is 13.5 Å². The van der Waals surface area contributed by atoms with Crippen LogP contribution in [0.25, 0.3) is 11.0 Å². The van der Waals surface area contributed by atoms with E-state index in [1.807, 2.05) is 24.3 Å². The lowest BCUT2D eigenvalue weighted by atomic mass is 10.1. The number of rotatable bonds is 6. The maximum atomic E-state index is 15.1. The molecule has 9 nitrogen and oxygen atoms in total. The monoisotopic (exact) mass is 567 g/mol. The molecule has 0 amide bonds. The molecule has 216 valence electrons. The minimum absolute atomic E-state index is 0.221. The summed E-state index contributed by atoms with van der Waals surface area (Å²) in [5.74, 6) is 5.76. The summed E-state index contributed by atoms with van der Waals surface area (Å²) in [7, 11) is 2.07. The minimum atomic E-state index is -0.301. The van der Waals surface area contributed by atoms with E-state index in [4.69, 9.17) is 9.72 Å². The normalized spacial score (nSPS) is 15.9. The number of piperazine rings is 1. The van der Waals surface area contributed by atoms with Crippen LogP contribution in [0.5, 0.6) is 0 Å².